The molecule has 1 aliphatic heterocycles. The molecule has 6 heteroatoms. The maximum atomic E-state index is 11.9. The molecule has 0 aromatic heterocycles. The van der Waals surface area contributed by atoms with E-state index in [1.54, 1.807) is 0 Å². The van der Waals surface area contributed by atoms with Gasteiger partial charge < -0.3 is 24.8 Å². The molecule has 1 fully saturated rings. The lowest BCUT2D eigenvalue weighted by Crippen LogP contribution is -2.43. The molecule has 6 nitrogen and oxygen atoms in total. The number of esters is 1. The monoisotopic (exact) mass is 346 g/mol. The van der Waals surface area contributed by atoms with E-state index < -0.39 is 31.0 Å². The Hall–Kier alpha value is -0.690. The molecule has 4 atom stereocenters. The zero-order valence-corrected chi connectivity index (χ0v) is 14.9. The van der Waals surface area contributed by atoms with E-state index >= 15 is 0 Å². The Morgan fingerprint density at radius 3 is 2.29 bits per heavy atom. The lowest BCUT2D eigenvalue weighted by atomic mass is 10.1. The molecule has 0 spiro atoms. The molecule has 0 radical (unpaired) electrons. The molecule has 142 valence electrons. The molecule has 0 unspecified atom stereocenters. The second-order valence-electron chi connectivity index (χ2n) is 6.65. The fourth-order valence-electron chi connectivity index (χ4n) is 2.99. The van der Waals surface area contributed by atoms with Gasteiger partial charge in [-0.25, -0.2) is 0 Å². The summed E-state index contributed by atoms with van der Waals surface area (Å²) in [6.45, 7) is 1.71. The number of ether oxygens (including phenoxy) is 2. The van der Waals surface area contributed by atoms with E-state index in [1.807, 2.05) is 0 Å². The van der Waals surface area contributed by atoms with E-state index in [0.29, 0.717) is 6.42 Å². The number of carbonyl (C=O) groups excluding carboxylic acids is 1. The van der Waals surface area contributed by atoms with Crippen molar-refractivity contribution in [1.29, 1.82) is 0 Å². The smallest absolute Gasteiger partial charge is 0.306 e. The minimum absolute atomic E-state index is 0.00228. The standard InChI is InChI=1S/C18H34O6/c1-2-3-4-5-6-7-8-9-10-11-16(22)24-18-15(21)13-23-17(18)14(20)12-19/h14-15,17-21H,2-13H2,1H3/t14-,15+,17-,18-/m1/s1. The van der Waals surface area contributed by atoms with Crippen LogP contribution in [0.3, 0.4) is 0 Å². The Balaban J connectivity index is 2.10. The first-order chi connectivity index (χ1) is 11.6. The van der Waals surface area contributed by atoms with Crippen molar-refractivity contribution in [1.82, 2.24) is 0 Å². The second-order valence-corrected chi connectivity index (χ2v) is 6.65. The summed E-state index contributed by atoms with van der Waals surface area (Å²) >= 11 is 0. The van der Waals surface area contributed by atoms with E-state index in [0.717, 1.165) is 19.3 Å². The SMILES string of the molecule is CCCCCCCCCCCC(=O)O[C@H]1[C@@H]([C@H](O)CO)OC[C@@H]1O. The van der Waals surface area contributed by atoms with Crippen LogP contribution >= 0.6 is 0 Å². The molecule has 24 heavy (non-hydrogen) atoms. The van der Waals surface area contributed by atoms with Crippen LogP contribution in [0, 0.1) is 0 Å². The van der Waals surface area contributed by atoms with Crippen LogP contribution in [-0.2, 0) is 14.3 Å². The molecule has 1 aliphatic rings. The summed E-state index contributed by atoms with van der Waals surface area (Å²) in [4.78, 5) is 11.9. The molecule has 1 heterocycles. The van der Waals surface area contributed by atoms with Gasteiger partial charge in [0.1, 0.15) is 18.3 Å². The molecule has 0 aliphatic carbocycles. The van der Waals surface area contributed by atoms with Crippen molar-refractivity contribution in [2.24, 2.45) is 0 Å². The van der Waals surface area contributed by atoms with Crippen molar-refractivity contribution in [2.45, 2.75) is 95.5 Å². The number of hydrogen-bond acceptors (Lipinski definition) is 6. The van der Waals surface area contributed by atoms with Gasteiger partial charge in [-0.05, 0) is 6.42 Å². The van der Waals surface area contributed by atoms with Crippen LogP contribution in [0.25, 0.3) is 0 Å². The summed E-state index contributed by atoms with van der Waals surface area (Å²) in [5.41, 5.74) is 0. The van der Waals surface area contributed by atoms with Gasteiger partial charge in [-0.1, -0.05) is 58.3 Å². The Kier molecular flexibility index (Phi) is 11.2. The van der Waals surface area contributed by atoms with Crippen LogP contribution in [0.4, 0.5) is 0 Å². The van der Waals surface area contributed by atoms with E-state index in [9.17, 15) is 15.0 Å². The number of unbranched alkanes of at least 4 members (excludes halogenated alkanes) is 8. The molecule has 0 aromatic carbocycles. The van der Waals surface area contributed by atoms with Gasteiger partial charge >= 0.3 is 5.97 Å². The van der Waals surface area contributed by atoms with Crippen molar-refractivity contribution in [3.8, 4) is 0 Å². The maximum absolute atomic E-state index is 11.9. The van der Waals surface area contributed by atoms with Crippen LogP contribution < -0.4 is 0 Å². The topological polar surface area (TPSA) is 96.2 Å². The third kappa shape index (κ3) is 7.92. The number of carbonyl (C=O) groups is 1. The average Bonchev–Trinajstić information content (AvgIpc) is 2.93. The van der Waals surface area contributed by atoms with E-state index in [2.05, 4.69) is 6.92 Å². The average molecular weight is 346 g/mol. The molecule has 0 saturated carbocycles. The predicted octanol–water partition coefficient (Wildman–Crippen LogP) is 1.93. The van der Waals surface area contributed by atoms with E-state index in [1.165, 1.54) is 38.5 Å². The van der Waals surface area contributed by atoms with Crippen LogP contribution in [-0.4, -0.2) is 58.9 Å². The van der Waals surface area contributed by atoms with Crippen molar-refractivity contribution in [3.63, 3.8) is 0 Å². The van der Waals surface area contributed by atoms with Gasteiger partial charge in [0.15, 0.2) is 6.10 Å². The van der Waals surface area contributed by atoms with E-state index in [-0.39, 0.29) is 12.6 Å². The van der Waals surface area contributed by atoms with Gasteiger partial charge in [0.25, 0.3) is 0 Å². The zero-order valence-electron chi connectivity index (χ0n) is 14.9. The quantitative estimate of drug-likeness (QED) is 0.348. The van der Waals surface area contributed by atoms with E-state index in [4.69, 9.17) is 14.6 Å². The first-order valence-electron chi connectivity index (χ1n) is 9.38. The van der Waals surface area contributed by atoms with Crippen LogP contribution in [0.1, 0.15) is 71.1 Å². The van der Waals surface area contributed by atoms with Gasteiger partial charge in [0.2, 0.25) is 0 Å². The van der Waals surface area contributed by atoms with Gasteiger partial charge in [0, 0.05) is 6.42 Å². The first-order valence-corrected chi connectivity index (χ1v) is 9.38. The summed E-state index contributed by atoms with van der Waals surface area (Å²) in [5.74, 6) is -0.386. The Morgan fingerprint density at radius 2 is 1.71 bits per heavy atom. The summed E-state index contributed by atoms with van der Waals surface area (Å²) in [6, 6.07) is 0. The third-order valence-electron chi connectivity index (χ3n) is 4.48. The number of aliphatic hydroxyl groups is 3. The largest absolute Gasteiger partial charge is 0.457 e. The van der Waals surface area contributed by atoms with Gasteiger partial charge in [0.05, 0.1) is 13.2 Å². The highest BCUT2D eigenvalue weighted by molar-refractivity contribution is 5.69. The van der Waals surface area contributed by atoms with Gasteiger partial charge in [-0.15, -0.1) is 0 Å². The summed E-state index contributed by atoms with van der Waals surface area (Å²) in [7, 11) is 0. The number of hydrogen-bond donors (Lipinski definition) is 3. The Bertz CT molecular complexity index is 335. The Labute approximate surface area is 145 Å². The number of rotatable bonds is 13. The molecular weight excluding hydrogens is 312 g/mol. The lowest BCUT2D eigenvalue weighted by molar-refractivity contribution is -0.160. The lowest BCUT2D eigenvalue weighted by Gasteiger charge is -2.23. The highest BCUT2D eigenvalue weighted by atomic mass is 16.6. The van der Waals surface area contributed by atoms with Crippen molar-refractivity contribution < 1.29 is 29.6 Å². The van der Waals surface area contributed by atoms with Gasteiger partial charge in [-0.3, -0.25) is 4.79 Å². The fraction of sp³-hybridized carbons (Fsp3) is 0.944. The van der Waals surface area contributed by atoms with Crippen LogP contribution in [0.15, 0.2) is 0 Å². The molecule has 0 aromatic rings. The Morgan fingerprint density at radius 1 is 1.12 bits per heavy atom. The molecular formula is C18H34O6. The minimum atomic E-state index is -1.16. The predicted molar refractivity (Wildman–Crippen MR) is 90.6 cm³/mol. The van der Waals surface area contributed by atoms with Crippen molar-refractivity contribution in [3.05, 3.63) is 0 Å². The summed E-state index contributed by atoms with van der Waals surface area (Å²) in [5, 5.41) is 28.4. The van der Waals surface area contributed by atoms with Crippen molar-refractivity contribution >= 4 is 5.97 Å². The highest BCUT2D eigenvalue weighted by Gasteiger charge is 2.42. The summed E-state index contributed by atoms with van der Waals surface area (Å²) in [6.07, 6.45) is 6.97. The molecule has 0 amide bonds. The second kappa shape index (κ2) is 12.6. The normalized spacial score (nSPS) is 24.9. The van der Waals surface area contributed by atoms with Crippen molar-refractivity contribution in [2.75, 3.05) is 13.2 Å². The highest BCUT2D eigenvalue weighted by Crippen LogP contribution is 2.22. The minimum Gasteiger partial charge on any atom is -0.457 e. The number of aliphatic hydroxyl groups excluding tert-OH is 3. The van der Waals surface area contributed by atoms with Crippen LogP contribution in [0.5, 0.6) is 0 Å². The zero-order chi connectivity index (χ0) is 17.8. The first kappa shape index (κ1) is 21.4. The molecule has 1 rings (SSSR count). The molecule has 0 bridgehead atoms. The molecule has 1 saturated heterocycles. The molecule has 3 N–H and O–H groups in total. The van der Waals surface area contributed by atoms with Gasteiger partial charge in [-0.2, -0.15) is 0 Å². The third-order valence-corrected chi connectivity index (χ3v) is 4.48. The summed E-state index contributed by atoms with van der Waals surface area (Å²) < 4.78 is 10.4. The fourth-order valence-corrected chi connectivity index (χ4v) is 2.99. The van der Waals surface area contributed by atoms with Crippen LogP contribution in [0.2, 0.25) is 0 Å². The maximum Gasteiger partial charge on any atom is 0.306 e.